The number of nitrogens with zero attached hydrogens (tertiary/aromatic N) is 1. The normalized spacial score (nSPS) is 31.6. The van der Waals surface area contributed by atoms with Crippen LogP contribution in [-0.4, -0.2) is 47.0 Å². The summed E-state index contributed by atoms with van der Waals surface area (Å²) in [7, 11) is 3.96. The molecule has 0 saturated heterocycles. The fourth-order valence-electron chi connectivity index (χ4n) is 3.07. The summed E-state index contributed by atoms with van der Waals surface area (Å²) >= 11 is 0. The van der Waals surface area contributed by atoms with Gasteiger partial charge in [0.1, 0.15) is 5.75 Å². The first-order valence-electron chi connectivity index (χ1n) is 6.76. The maximum absolute atomic E-state index is 11.0. The molecule has 1 aliphatic carbocycles. The highest BCUT2D eigenvalue weighted by atomic mass is 16.3. The Balaban J connectivity index is 2.33. The average Bonchev–Trinajstić information content (AvgIpc) is 2.32. The molecule has 0 bridgehead atoms. The molecule has 0 unspecified atom stereocenters. The first kappa shape index (κ1) is 14.3. The van der Waals surface area contributed by atoms with Crippen LogP contribution < -0.4 is 0 Å². The molecule has 4 heteroatoms. The minimum absolute atomic E-state index is 0.0627. The Bertz CT molecular complexity index is 435. The van der Waals surface area contributed by atoms with Gasteiger partial charge in [-0.15, -0.1) is 0 Å². The third-order valence-electron chi connectivity index (χ3n) is 4.00. The number of rotatable bonds is 3. The molecule has 0 heterocycles. The van der Waals surface area contributed by atoms with E-state index >= 15 is 0 Å². The van der Waals surface area contributed by atoms with E-state index in [2.05, 4.69) is 4.90 Å². The summed E-state index contributed by atoms with van der Waals surface area (Å²) < 4.78 is 0. The van der Waals surface area contributed by atoms with E-state index in [-0.39, 0.29) is 11.7 Å². The quantitative estimate of drug-likeness (QED) is 0.771. The summed E-state index contributed by atoms with van der Waals surface area (Å²) in [5.41, 5.74) is -0.376. The third kappa shape index (κ3) is 3.08. The van der Waals surface area contributed by atoms with Crippen molar-refractivity contribution < 1.29 is 15.3 Å². The summed E-state index contributed by atoms with van der Waals surface area (Å²) in [6.07, 6.45) is 1.35. The van der Waals surface area contributed by atoms with Crippen molar-refractivity contribution >= 4 is 0 Å². The second-order valence-corrected chi connectivity index (χ2v) is 5.87. The van der Waals surface area contributed by atoms with Crippen LogP contribution in [0.1, 0.15) is 24.8 Å². The highest BCUT2D eigenvalue weighted by Crippen LogP contribution is 2.42. The molecule has 0 aromatic heterocycles. The lowest BCUT2D eigenvalue weighted by molar-refractivity contribution is -0.0992. The number of phenols is 1. The van der Waals surface area contributed by atoms with Crippen LogP contribution >= 0.6 is 0 Å². The van der Waals surface area contributed by atoms with E-state index in [9.17, 15) is 15.3 Å². The van der Waals surface area contributed by atoms with Crippen molar-refractivity contribution in [2.24, 2.45) is 5.92 Å². The number of phenolic OH excluding ortho intramolecular Hbond substituents is 1. The van der Waals surface area contributed by atoms with Crippen LogP contribution in [0.15, 0.2) is 24.3 Å². The Kier molecular flexibility index (Phi) is 4.13. The average molecular weight is 265 g/mol. The summed E-state index contributed by atoms with van der Waals surface area (Å²) in [5, 5.41) is 30.5. The minimum atomic E-state index is -1.07. The second-order valence-electron chi connectivity index (χ2n) is 5.87. The Morgan fingerprint density at radius 1 is 1.32 bits per heavy atom. The smallest absolute Gasteiger partial charge is 0.115 e. The van der Waals surface area contributed by atoms with E-state index < -0.39 is 11.7 Å². The number of aromatic hydroxyl groups is 1. The van der Waals surface area contributed by atoms with Crippen molar-refractivity contribution in [3.8, 4) is 5.75 Å². The van der Waals surface area contributed by atoms with Gasteiger partial charge in [0.2, 0.25) is 0 Å². The van der Waals surface area contributed by atoms with Gasteiger partial charge in [-0.2, -0.15) is 0 Å². The Labute approximate surface area is 114 Å². The Hall–Kier alpha value is -1.10. The SMILES string of the molecule is CN(C)C[C@@H]1CC[C@H](O)C[C@@]1(O)c1cccc(O)c1. The van der Waals surface area contributed by atoms with Gasteiger partial charge in [0, 0.05) is 18.9 Å². The van der Waals surface area contributed by atoms with E-state index in [4.69, 9.17) is 0 Å². The maximum Gasteiger partial charge on any atom is 0.115 e. The summed E-state index contributed by atoms with van der Waals surface area (Å²) in [5.74, 6) is 0.210. The predicted octanol–water partition coefficient (Wildman–Crippen LogP) is 1.30. The van der Waals surface area contributed by atoms with Gasteiger partial charge in [-0.05, 0) is 44.6 Å². The standard InChI is InChI=1S/C15H23NO3/c1-16(2)10-12-6-7-14(18)9-15(12,19)11-4-3-5-13(17)8-11/h3-5,8,12,14,17-19H,6-7,9-10H2,1-2H3/t12-,14-,15+/m0/s1. The summed E-state index contributed by atoms with van der Waals surface area (Å²) in [6, 6.07) is 6.74. The van der Waals surface area contributed by atoms with E-state index in [1.165, 1.54) is 0 Å². The van der Waals surface area contributed by atoms with Crippen molar-refractivity contribution in [3.05, 3.63) is 29.8 Å². The van der Waals surface area contributed by atoms with Gasteiger partial charge in [-0.1, -0.05) is 12.1 Å². The van der Waals surface area contributed by atoms with E-state index in [1.807, 2.05) is 20.2 Å². The Morgan fingerprint density at radius 2 is 2.05 bits per heavy atom. The van der Waals surface area contributed by atoms with Crippen LogP contribution in [0.5, 0.6) is 5.75 Å². The van der Waals surface area contributed by atoms with Crippen LogP contribution in [0.25, 0.3) is 0 Å². The number of benzene rings is 1. The zero-order valence-electron chi connectivity index (χ0n) is 11.6. The number of hydrogen-bond acceptors (Lipinski definition) is 4. The maximum atomic E-state index is 11.0. The van der Waals surface area contributed by atoms with Gasteiger partial charge in [-0.3, -0.25) is 0 Å². The molecule has 4 nitrogen and oxygen atoms in total. The van der Waals surface area contributed by atoms with Crippen molar-refractivity contribution in [2.75, 3.05) is 20.6 Å². The molecule has 3 N–H and O–H groups in total. The highest BCUT2D eigenvalue weighted by molar-refractivity contribution is 5.32. The molecular weight excluding hydrogens is 242 g/mol. The molecule has 0 aliphatic heterocycles. The van der Waals surface area contributed by atoms with Crippen LogP contribution in [0.3, 0.4) is 0 Å². The zero-order chi connectivity index (χ0) is 14.0. The Morgan fingerprint density at radius 3 is 2.68 bits per heavy atom. The lowest BCUT2D eigenvalue weighted by atomic mass is 9.70. The molecule has 0 amide bonds. The molecule has 1 aliphatic rings. The van der Waals surface area contributed by atoms with E-state index in [0.717, 1.165) is 19.4 Å². The molecular formula is C15H23NO3. The number of aliphatic hydroxyl groups is 2. The van der Waals surface area contributed by atoms with Gasteiger partial charge in [0.15, 0.2) is 0 Å². The highest BCUT2D eigenvalue weighted by Gasteiger charge is 2.43. The molecule has 19 heavy (non-hydrogen) atoms. The molecule has 0 spiro atoms. The van der Waals surface area contributed by atoms with Gasteiger partial charge >= 0.3 is 0 Å². The molecule has 106 valence electrons. The zero-order valence-corrected chi connectivity index (χ0v) is 11.6. The first-order valence-corrected chi connectivity index (χ1v) is 6.76. The second kappa shape index (κ2) is 5.49. The molecule has 0 radical (unpaired) electrons. The van der Waals surface area contributed by atoms with Gasteiger partial charge in [0.05, 0.1) is 11.7 Å². The summed E-state index contributed by atoms with van der Waals surface area (Å²) in [6.45, 7) is 0.763. The van der Waals surface area contributed by atoms with Gasteiger partial charge in [-0.25, -0.2) is 0 Å². The molecule has 1 aromatic rings. The van der Waals surface area contributed by atoms with Gasteiger partial charge in [0.25, 0.3) is 0 Å². The fraction of sp³-hybridized carbons (Fsp3) is 0.600. The van der Waals surface area contributed by atoms with Crippen molar-refractivity contribution in [3.63, 3.8) is 0 Å². The number of hydrogen-bond donors (Lipinski definition) is 3. The van der Waals surface area contributed by atoms with Crippen molar-refractivity contribution in [2.45, 2.75) is 31.0 Å². The van der Waals surface area contributed by atoms with E-state index in [1.54, 1.807) is 18.2 Å². The van der Waals surface area contributed by atoms with Crippen LogP contribution in [-0.2, 0) is 5.60 Å². The molecule has 1 fully saturated rings. The summed E-state index contributed by atoms with van der Waals surface area (Å²) in [4.78, 5) is 2.05. The van der Waals surface area contributed by atoms with Gasteiger partial charge < -0.3 is 20.2 Å². The molecule has 1 aromatic carbocycles. The largest absolute Gasteiger partial charge is 0.508 e. The van der Waals surface area contributed by atoms with Crippen LogP contribution in [0, 0.1) is 5.92 Å². The molecule has 2 rings (SSSR count). The topological polar surface area (TPSA) is 63.9 Å². The number of aliphatic hydroxyl groups excluding tert-OH is 1. The molecule has 1 saturated carbocycles. The molecule has 3 atom stereocenters. The first-order chi connectivity index (χ1) is 8.91. The monoisotopic (exact) mass is 265 g/mol. The van der Waals surface area contributed by atoms with Crippen molar-refractivity contribution in [1.82, 2.24) is 4.90 Å². The fourth-order valence-corrected chi connectivity index (χ4v) is 3.07. The van der Waals surface area contributed by atoms with Crippen LogP contribution in [0.2, 0.25) is 0 Å². The lowest BCUT2D eigenvalue weighted by Crippen LogP contribution is -2.46. The van der Waals surface area contributed by atoms with E-state index in [0.29, 0.717) is 12.0 Å². The van der Waals surface area contributed by atoms with Crippen LogP contribution in [0.4, 0.5) is 0 Å². The third-order valence-corrected chi connectivity index (χ3v) is 4.00. The minimum Gasteiger partial charge on any atom is -0.508 e. The predicted molar refractivity (Wildman–Crippen MR) is 73.9 cm³/mol. The lowest BCUT2D eigenvalue weighted by Gasteiger charge is -2.43. The van der Waals surface area contributed by atoms with Crippen molar-refractivity contribution in [1.29, 1.82) is 0 Å².